The van der Waals surface area contributed by atoms with Crippen molar-refractivity contribution in [1.29, 1.82) is 0 Å². The van der Waals surface area contributed by atoms with Crippen LogP contribution in [0.1, 0.15) is 57.2 Å². The second-order valence-corrected chi connectivity index (χ2v) is 5.32. The minimum absolute atomic E-state index is 0.123. The molecule has 0 spiro atoms. The summed E-state index contributed by atoms with van der Waals surface area (Å²) >= 11 is 0. The second kappa shape index (κ2) is 7.55. The predicted molar refractivity (Wildman–Crippen MR) is 79.9 cm³/mol. The number of benzene rings is 1. The molecule has 0 radical (unpaired) electrons. The maximum atomic E-state index is 6.29. The number of likely N-dealkylation sites (N-methyl/N-ethyl adjacent to an activating group) is 1. The summed E-state index contributed by atoms with van der Waals surface area (Å²) in [6, 6.07) is 8.89. The van der Waals surface area contributed by atoms with E-state index in [0.717, 1.165) is 19.6 Å². The van der Waals surface area contributed by atoms with Crippen LogP contribution in [0, 0.1) is 0 Å². The number of nitrogens with zero attached hydrogens (tertiary/aromatic N) is 1. The molecule has 1 rings (SSSR count). The summed E-state index contributed by atoms with van der Waals surface area (Å²) in [5.41, 5.74) is 8.91. The molecule has 0 saturated heterocycles. The van der Waals surface area contributed by atoms with Crippen LogP contribution in [0.2, 0.25) is 0 Å². The van der Waals surface area contributed by atoms with Gasteiger partial charge in [-0.15, -0.1) is 0 Å². The van der Waals surface area contributed by atoms with E-state index in [0.29, 0.717) is 5.92 Å². The first-order valence-electron chi connectivity index (χ1n) is 7.16. The fraction of sp³-hybridized carbons (Fsp3) is 0.625. The Kier molecular flexibility index (Phi) is 6.37. The van der Waals surface area contributed by atoms with Crippen molar-refractivity contribution >= 4 is 0 Å². The number of hydrogen-bond acceptors (Lipinski definition) is 2. The van der Waals surface area contributed by atoms with Crippen LogP contribution in [-0.4, -0.2) is 24.5 Å². The summed E-state index contributed by atoms with van der Waals surface area (Å²) in [4.78, 5) is 2.42. The molecule has 0 fully saturated rings. The van der Waals surface area contributed by atoms with Gasteiger partial charge in [-0.05, 0) is 36.6 Å². The van der Waals surface area contributed by atoms with E-state index in [9.17, 15) is 0 Å². The molecule has 1 aromatic rings. The summed E-state index contributed by atoms with van der Waals surface area (Å²) in [7, 11) is 0. The Balaban J connectivity index is 2.63. The molecular formula is C16H28N2. The summed E-state index contributed by atoms with van der Waals surface area (Å²) in [6.45, 7) is 12.0. The molecule has 0 heterocycles. The van der Waals surface area contributed by atoms with Crippen molar-refractivity contribution in [1.82, 2.24) is 4.90 Å². The first-order valence-corrected chi connectivity index (χ1v) is 7.16. The van der Waals surface area contributed by atoms with E-state index in [1.165, 1.54) is 17.5 Å². The SMILES string of the molecule is CCCN(CC)CC(N)c1ccc(C(C)C)cc1. The van der Waals surface area contributed by atoms with Crippen LogP contribution in [0.3, 0.4) is 0 Å². The summed E-state index contributed by atoms with van der Waals surface area (Å²) in [6.07, 6.45) is 1.19. The Bertz CT molecular complexity index is 329. The van der Waals surface area contributed by atoms with Gasteiger partial charge >= 0.3 is 0 Å². The molecule has 102 valence electrons. The van der Waals surface area contributed by atoms with E-state index in [4.69, 9.17) is 5.73 Å². The molecule has 0 bridgehead atoms. The van der Waals surface area contributed by atoms with Gasteiger partial charge in [0.2, 0.25) is 0 Å². The summed E-state index contributed by atoms with van der Waals surface area (Å²) in [5, 5.41) is 0. The molecule has 0 aromatic heterocycles. The fourth-order valence-electron chi connectivity index (χ4n) is 2.21. The quantitative estimate of drug-likeness (QED) is 0.799. The van der Waals surface area contributed by atoms with Crippen molar-refractivity contribution < 1.29 is 0 Å². The van der Waals surface area contributed by atoms with Crippen molar-refractivity contribution in [2.24, 2.45) is 5.73 Å². The molecule has 2 nitrogen and oxygen atoms in total. The van der Waals surface area contributed by atoms with Gasteiger partial charge < -0.3 is 10.6 Å². The van der Waals surface area contributed by atoms with Crippen LogP contribution in [0.5, 0.6) is 0 Å². The van der Waals surface area contributed by atoms with E-state index in [1.54, 1.807) is 0 Å². The van der Waals surface area contributed by atoms with Crippen molar-refractivity contribution in [3.8, 4) is 0 Å². The fourth-order valence-corrected chi connectivity index (χ4v) is 2.21. The van der Waals surface area contributed by atoms with Crippen LogP contribution >= 0.6 is 0 Å². The molecule has 0 aliphatic heterocycles. The lowest BCUT2D eigenvalue weighted by molar-refractivity contribution is 0.271. The molecule has 1 atom stereocenters. The smallest absolute Gasteiger partial charge is 0.0424 e. The molecule has 1 aromatic carbocycles. The van der Waals surface area contributed by atoms with Gasteiger partial charge in [0.1, 0.15) is 0 Å². The van der Waals surface area contributed by atoms with Gasteiger partial charge in [-0.1, -0.05) is 52.0 Å². The van der Waals surface area contributed by atoms with Gasteiger partial charge in [0.15, 0.2) is 0 Å². The Hall–Kier alpha value is -0.860. The average Bonchev–Trinajstić information content (AvgIpc) is 2.38. The van der Waals surface area contributed by atoms with E-state index in [2.05, 4.69) is 56.9 Å². The van der Waals surface area contributed by atoms with Gasteiger partial charge in [-0.3, -0.25) is 0 Å². The van der Waals surface area contributed by atoms with Gasteiger partial charge in [0, 0.05) is 12.6 Å². The lowest BCUT2D eigenvalue weighted by Gasteiger charge is -2.24. The average molecular weight is 248 g/mol. The van der Waals surface area contributed by atoms with E-state index < -0.39 is 0 Å². The lowest BCUT2D eigenvalue weighted by Crippen LogP contribution is -2.32. The third-order valence-electron chi connectivity index (χ3n) is 3.47. The summed E-state index contributed by atoms with van der Waals surface area (Å²) in [5.74, 6) is 0.586. The first kappa shape index (κ1) is 15.2. The van der Waals surface area contributed by atoms with Gasteiger partial charge in [0.25, 0.3) is 0 Å². The highest BCUT2D eigenvalue weighted by atomic mass is 15.1. The highest BCUT2D eigenvalue weighted by Crippen LogP contribution is 2.18. The molecule has 2 heteroatoms. The lowest BCUT2D eigenvalue weighted by atomic mass is 9.99. The minimum Gasteiger partial charge on any atom is -0.323 e. The number of nitrogens with two attached hydrogens (primary N) is 1. The zero-order valence-corrected chi connectivity index (χ0v) is 12.3. The van der Waals surface area contributed by atoms with Crippen molar-refractivity contribution in [2.45, 2.75) is 46.1 Å². The van der Waals surface area contributed by atoms with Crippen molar-refractivity contribution in [3.63, 3.8) is 0 Å². The van der Waals surface area contributed by atoms with E-state index in [1.807, 2.05) is 0 Å². The standard InChI is InChI=1S/C16H28N2/c1-5-11-18(6-2)12-16(17)15-9-7-14(8-10-15)13(3)4/h7-10,13,16H,5-6,11-12,17H2,1-4H3. The third-order valence-corrected chi connectivity index (χ3v) is 3.47. The van der Waals surface area contributed by atoms with Crippen LogP contribution in [0.25, 0.3) is 0 Å². The molecule has 1 unspecified atom stereocenters. The molecule has 0 aliphatic carbocycles. The molecular weight excluding hydrogens is 220 g/mol. The maximum absolute atomic E-state index is 6.29. The molecule has 18 heavy (non-hydrogen) atoms. The third kappa shape index (κ3) is 4.43. The Labute approximate surface area is 112 Å². The van der Waals surface area contributed by atoms with Gasteiger partial charge in [0.05, 0.1) is 0 Å². The maximum Gasteiger partial charge on any atom is 0.0424 e. The van der Waals surface area contributed by atoms with E-state index >= 15 is 0 Å². The van der Waals surface area contributed by atoms with Gasteiger partial charge in [-0.25, -0.2) is 0 Å². The predicted octanol–water partition coefficient (Wildman–Crippen LogP) is 3.54. The molecule has 0 aliphatic rings. The second-order valence-electron chi connectivity index (χ2n) is 5.32. The Morgan fingerprint density at radius 3 is 2.06 bits per heavy atom. The molecule has 0 saturated carbocycles. The van der Waals surface area contributed by atoms with E-state index in [-0.39, 0.29) is 6.04 Å². The highest BCUT2D eigenvalue weighted by molar-refractivity contribution is 5.26. The zero-order valence-electron chi connectivity index (χ0n) is 12.3. The number of hydrogen-bond donors (Lipinski definition) is 1. The number of rotatable bonds is 7. The summed E-state index contributed by atoms with van der Waals surface area (Å²) < 4.78 is 0. The molecule has 2 N–H and O–H groups in total. The first-order chi connectivity index (χ1) is 8.58. The Morgan fingerprint density at radius 1 is 1.06 bits per heavy atom. The zero-order chi connectivity index (χ0) is 13.5. The van der Waals surface area contributed by atoms with Crippen molar-refractivity contribution in [2.75, 3.05) is 19.6 Å². The largest absolute Gasteiger partial charge is 0.323 e. The van der Waals surface area contributed by atoms with Crippen LogP contribution in [-0.2, 0) is 0 Å². The van der Waals surface area contributed by atoms with Crippen LogP contribution in [0.15, 0.2) is 24.3 Å². The highest BCUT2D eigenvalue weighted by Gasteiger charge is 2.10. The Morgan fingerprint density at radius 2 is 1.61 bits per heavy atom. The van der Waals surface area contributed by atoms with Crippen molar-refractivity contribution in [3.05, 3.63) is 35.4 Å². The topological polar surface area (TPSA) is 29.3 Å². The minimum atomic E-state index is 0.123. The molecule has 0 amide bonds. The van der Waals surface area contributed by atoms with Crippen LogP contribution < -0.4 is 5.73 Å². The normalized spacial score (nSPS) is 13.3. The monoisotopic (exact) mass is 248 g/mol. The van der Waals surface area contributed by atoms with Crippen LogP contribution in [0.4, 0.5) is 0 Å². The van der Waals surface area contributed by atoms with Gasteiger partial charge in [-0.2, -0.15) is 0 Å².